The third-order valence-electron chi connectivity index (χ3n) is 11.3. The third kappa shape index (κ3) is 10.3. The Morgan fingerprint density at radius 2 is 1.75 bits per heavy atom. The molecule has 3 fully saturated rings. The molecule has 314 valence electrons. The lowest BCUT2D eigenvalue weighted by Crippen LogP contribution is -2.54. The first-order valence-corrected chi connectivity index (χ1v) is 19.7. The number of anilines is 1. The number of amides is 5. The molecule has 4 aliphatic rings. The zero-order valence-corrected chi connectivity index (χ0v) is 33.2. The van der Waals surface area contributed by atoms with Gasteiger partial charge < -0.3 is 30.9 Å². The number of hydrogen-bond acceptors (Lipinski definition) is 11. The Labute approximate surface area is 340 Å². The van der Waals surface area contributed by atoms with Crippen molar-refractivity contribution in [3.63, 3.8) is 0 Å². The van der Waals surface area contributed by atoms with Gasteiger partial charge in [-0.3, -0.25) is 34.2 Å². The van der Waals surface area contributed by atoms with Crippen LogP contribution in [0.1, 0.15) is 84.5 Å². The molecule has 2 aromatic rings. The number of aliphatic hydroxyl groups is 1. The summed E-state index contributed by atoms with van der Waals surface area (Å²) in [5.74, 6) is -2.07. The molecule has 1 aliphatic carbocycles. The van der Waals surface area contributed by atoms with E-state index in [0.29, 0.717) is 29.0 Å². The molecule has 3 aliphatic heterocycles. The van der Waals surface area contributed by atoms with Gasteiger partial charge in [0.1, 0.15) is 17.4 Å². The number of pyridine rings is 1. The number of carbonyl (C=O) groups excluding carboxylic acids is 5. The van der Waals surface area contributed by atoms with E-state index in [9.17, 15) is 42.3 Å². The summed E-state index contributed by atoms with van der Waals surface area (Å²) in [7, 11) is 0. The Kier molecular flexibility index (Phi) is 12.8. The first-order valence-electron chi connectivity index (χ1n) is 19.7. The Morgan fingerprint density at radius 1 is 1.03 bits per heavy atom. The molecular weight excluding hydrogens is 770 g/mol. The summed E-state index contributed by atoms with van der Waals surface area (Å²) in [6, 6.07) is 7.70. The number of alkyl halides is 3. The fourth-order valence-corrected chi connectivity index (χ4v) is 7.87. The molecule has 5 amide bonds. The number of likely N-dealkylation sites (tertiary alicyclic amines) is 1. The number of carbonyl (C=O) groups is 5. The minimum atomic E-state index is -4.73. The van der Waals surface area contributed by atoms with Crippen molar-refractivity contribution >= 4 is 41.4 Å². The molecule has 4 heterocycles. The summed E-state index contributed by atoms with van der Waals surface area (Å²) >= 11 is 0. The van der Waals surface area contributed by atoms with Gasteiger partial charge in [0.05, 0.1) is 11.3 Å². The normalized spacial score (nSPS) is 20.8. The Morgan fingerprint density at radius 3 is 2.39 bits per heavy atom. The van der Waals surface area contributed by atoms with E-state index in [1.165, 1.54) is 32.1 Å². The number of nitrogens with one attached hydrogen (secondary N) is 4. The van der Waals surface area contributed by atoms with Crippen LogP contribution in [0.5, 0.6) is 0 Å². The Hall–Kier alpha value is -5.68. The van der Waals surface area contributed by atoms with Crippen LogP contribution >= 0.6 is 0 Å². The molecule has 6 rings (SSSR count). The van der Waals surface area contributed by atoms with Crippen LogP contribution in [0, 0.1) is 18.3 Å². The number of nitrogens with zero attached hydrogens (tertiary/aromatic N) is 4. The number of aryl methyl sites for hydroxylation is 1. The maximum Gasteiger partial charge on any atom is 0.433 e. The molecule has 3 saturated heterocycles. The highest BCUT2D eigenvalue weighted by Crippen LogP contribution is 2.31. The highest BCUT2D eigenvalue weighted by Gasteiger charge is 2.36. The molecule has 17 heteroatoms. The van der Waals surface area contributed by atoms with Gasteiger partial charge in [0.15, 0.2) is 0 Å². The fraction of sp³-hybridized carbons (Fsp3) is 0.452. The summed E-state index contributed by atoms with van der Waals surface area (Å²) in [4.78, 5) is 71.5. The molecule has 1 aromatic carbocycles. The van der Waals surface area contributed by atoms with E-state index in [2.05, 4.69) is 30.7 Å². The van der Waals surface area contributed by atoms with Crippen LogP contribution < -0.4 is 20.9 Å². The van der Waals surface area contributed by atoms with Crippen LogP contribution in [0.15, 0.2) is 71.6 Å². The lowest BCUT2D eigenvalue weighted by Gasteiger charge is -2.38. The van der Waals surface area contributed by atoms with Gasteiger partial charge in [-0.05, 0) is 101 Å². The van der Waals surface area contributed by atoms with Crippen LogP contribution in [-0.4, -0.2) is 106 Å². The summed E-state index contributed by atoms with van der Waals surface area (Å²) < 4.78 is 39.7. The molecule has 5 N–H and O–H groups in total. The lowest BCUT2D eigenvalue weighted by atomic mass is 9.87. The zero-order valence-electron chi connectivity index (χ0n) is 33.2. The molecule has 0 bridgehead atoms. The van der Waals surface area contributed by atoms with E-state index in [0.717, 1.165) is 81.1 Å². The second kappa shape index (κ2) is 17.7. The highest BCUT2D eigenvalue weighted by atomic mass is 19.4. The predicted molar refractivity (Wildman–Crippen MR) is 212 cm³/mol. The monoisotopic (exact) mass is 818 g/mol. The number of hydrogen-bond donors (Lipinski definition) is 5. The van der Waals surface area contributed by atoms with E-state index >= 15 is 0 Å². The van der Waals surface area contributed by atoms with Gasteiger partial charge in [0.2, 0.25) is 18.2 Å². The maximum atomic E-state index is 13.5. The number of allylic oxidation sites excluding steroid dienone is 3. The van der Waals surface area contributed by atoms with Crippen molar-refractivity contribution in [1.29, 1.82) is 5.41 Å². The van der Waals surface area contributed by atoms with E-state index in [4.69, 9.17) is 5.41 Å². The van der Waals surface area contributed by atoms with Crippen LogP contribution in [0.4, 0.5) is 18.9 Å². The van der Waals surface area contributed by atoms with Gasteiger partial charge in [-0.1, -0.05) is 12.1 Å². The number of halogens is 3. The number of benzene rings is 1. The van der Waals surface area contributed by atoms with Crippen LogP contribution in [0.25, 0.3) is 0 Å². The minimum Gasteiger partial charge on any atom is -0.388 e. The largest absolute Gasteiger partial charge is 0.433 e. The number of piperidine rings is 3. The first kappa shape index (κ1) is 42.9. The molecule has 0 saturated carbocycles. The van der Waals surface area contributed by atoms with Gasteiger partial charge in [-0.2, -0.15) is 13.2 Å². The fourth-order valence-electron chi connectivity index (χ4n) is 7.87. The van der Waals surface area contributed by atoms with Crippen molar-refractivity contribution in [3.05, 3.63) is 94.1 Å². The van der Waals surface area contributed by atoms with Gasteiger partial charge in [0.25, 0.3) is 11.8 Å². The second-order valence-corrected chi connectivity index (χ2v) is 16.0. The van der Waals surface area contributed by atoms with E-state index in [1.54, 1.807) is 19.2 Å². The predicted octanol–water partition coefficient (Wildman–Crippen LogP) is 4.01. The van der Waals surface area contributed by atoms with Crippen LogP contribution in [0.2, 0.25) is 0 Å². The highest BCUT2D eigenvalue weighted by molar-refractivity contribution is 6.11. The van der Waals surface area contributed by atoms with Crippen molar-refractivity contribution in [3.8, 4) is 0 Å². The average molecular weight is 819 g/mol. The molecular formula is C42H49F3N8O6. The summed E-state index contributed by atoms with van der Waals surface area (Å²) in [5, 5.41) is 27.6. The zero-order chi connectivity index (χ0) is 42.6. The topological polar surface area (TPSA) is 188 Å². The molecule has 14 nitrogen and oxygen atoms in total. The maximum absolute atomic E-state index is 13.5. The van der Waals surface area contributed by atoms with Crippen molar-refractivity contribution in [2.24, 2.45) is 5.92 Å². The summed E-state index contributed by atoms with van der Waals surface area (Å²) in [6.45, 7) is 9.02. The molecule has 59 heavy (non-hydrogen) atoms. The van der Waals surface area contributed by atoms with Gasteiger partial charge >= 0.3 is 6.18 Å². The van der Waals surface area contributed by atoms with Gasteiger partial charge in [-0.15, -0.1) is 0 Å². The molecule has 0 radical (unpaired) electrons. The molecule has 1 atom stereocenters. The van der Waals surface area contributed by atoms with Crippen molar-refractivity contribution < 1.29 is 42.3 Å². The van der Waals surface area contributed by atoms with E-state index < -0.39 is 52.8 Å². The number of aromatic nitrogens is 1. The Bertz CT molecular complexity index is 2090. The van der Waals surface area contributed by atoms with Crippen molar-refractivity contribution in [1.82, 2.24) is 30.7 Å². The molecule has 0 spiro atoms. The smallest absolute Gasteiger partial charge is 0.388 e. The van der Waals surface area contributed by atoms with Crippen LogP contribution in [-0.2, 0) is 20.6 Å². The third-order valence-corrected chi connectivity index (χ3v) is 11.3. The van der Waals surface area contributed by atoms with E-state index in [1.807, 2.05) is 12.1 Å². The average Bonchev–Trinajstić information content (AvgIpc) is 3.19. The SMILES string of the molecule is Cc1ccc(N2CCC(CN3CCC(N/C=C4/C=C(NC(=O)c5cccc(C(F)(F)F)n5)C(C(C)(C)O)=CC4=N)CC3)CC2)cc1C(=O)N(C=O)C1CCC(=O)NC1=O. The van der Waals surface area contributed by atoms with Crippen LogP contribution in [0.3, 0.4) is 0 Å². The van der Waals surface area contributed by atoms with Gasteiger partial charge in [-0.25, -0.2) is 4.98 Å². The standard InChI is InChI=1S/C42H49F3N8O6/c1-25-7-8-29(20-30(25)40(58)53(24-54)35-9-10-37(55)50-39(35)57)52-17-11-26(12-18-52)23-51-15-13-28(14-16-51)47-22-27-19-34(31(21-32(27)46)41(2,3)59)49-38(56)33-5-4-6-36(48-33)42(43,44)45/h4-8,19-22,24,26,28,35,46-47,59H,9-18,23H2,1-3H3,(H,49,56)(H,50,55,57)/b27-22-,46-32?. The van der Waals surface area contributed by atoms with Crippen molar-refractivity contribution in [2.75, 3.05) is 37.6 Å². The summed E-state index contributed by atoms with van der Waals surface area (Å²) in [6.07, 6.45) is 4.02. The molecule has 1 unspecified atom stereocenters. The lowest BCUT2D eigenvalue weighted by molar-refractivity contribution is -0.141. The quantitative estimate of drug-likeness (QED) is 0.164. The first-order chi connectivity index (χ1) is 27.9. The number of imide groups is 2. The number of rotatable bonds is 11. The molecule has 1 aromatic heterocycles. The Balaban J connectivity index is 1.00. The summed E-state index contributed by atoms with van der Waals surface area (Å²) in [5.41, 5.74) is -0.338. The van der Waals surface area contributed by atoms with E-state index in [-0.39, 0.29) is 35.9 Å². The minimum absolute atomic E-state index is 0.0488. The second-order valence-electron chi connectivity index (χ2n) is 16.0. The van der Waals surface area contributed by atoms with Gasteiger partial charge in [0, 0.05) is 79.5 Å². The van der Waals surface area contributed by atoms with Crippen molar-refractivity contribution in [2.45, 2.75) is 83.2 Å².